The number of carbonyl (C=O) groups excluding carboxylic acids is 1. The summed E-state index contributed by atoms with van der Waals surface area (Å²) in [7, 11) is 0. The van der Waals surface area contributed by atoms with Crippen LogP contribution in [0.3, 0.4) is 0 Å². The molecule has 0 aliphatic rings. The molecule has 0 fully saturated rings. The number of nitrogens with one attached hydrogen (secondary N) is 1. The third-order valence-corrected chi connectivity index (χ3v) is 3.94. The normalized spacial score (nSPS) is 10.9. The fraction of sp³-hybridized carbons (Fsp3) is 0.0556. The molecule has 134 valence electrons. The minimum absolute atomic E-state index is 0.0754. The van der Waals surface area contributed by atoms with Crippen LogP contribution in [-0.2, 0) is 6.54 Å². The van der Waals surface area contributed by atoms with Gasteiger partial charge in [-0.25, -0.2) is 23.9 Å². The van der Waals surface area contributed by atoms with Gasteiger partial charge in [-0.05, 0) is 18.2 Å². The molecule has 1 amide bonds. The molecule has 0 aliphatic heterocycles. The van der Waals surface area contributed by atoms with Crippen molar-refractivity contribution in [2.45, 2.75) is 6.54 Å². The van der Waals surface area contributed by atoms with Crippen LogP contribution in [0.25, 0.3) is 5.65 Å². The summed E-state index contributed by atoms with van der Waals surface area (Å²) in [6.07, 6.45) is 7.22. The summed E-state index contributed by atoms with van der Waals surface area (Å²) in [4.78, 5) is 24.4. The van der Waals surface area contributed by atoms with Gasteiger partial charge in [-0.1, -0.05) is 6.07 Å². The van der Waals surface area contributed by atoms with Crippen molar-refractivity contribution in [3.63, 3.8) is 0 Å². The van der Waals surface area contributed by atoms with Gasteiger partial charge in [0.1, 0.15) is 30.4 Å². The Morgan fingerprint density at radius 3 is 2.74 bits per heavy atom. The third kappa shape index (κ3) is 3.17. The number of anilines is 1. The van der Waals surface area contributed by atoms with E-state index in [4.69, 9.17) is 0 Å². The minimum atomic E-state index is -0.636. The van der Waals surface area contributed by atoms with E-state index in [9.17, 15) is 14.3 Å². The first-order valence-electron chi connectivity index (χ1n) is 8.00. The highest BCUT2D eigenvalue weighted by atomic mass is 19.1. The average Bonchev–Trinajstić information content (AvgIpc) is 2.96. The quantitative estimate of drug-likeness (QED) is 0.543. The van der Waals surface area contributed by atoms with Gasteiger partial charge >= 0.3 is 0 Å². The van der Waals surface area contributed by atoms with Crippen LogP contribution in [0.4, 0.5) is 10.2 Å². The molecule has 1 N–H and O–H groups in total. The van der Waals surface area contributed by atoms with Crippen molar-refractivity contribution >= 4 is 17.4 Å². The van der Waals surface area contributed by atoms with E-state index in [-0.39, 0.29) is 18.1 Å². The van der Waals surface area contributed by atoms with E-state index in [1.54, 1.807) is 36.8 Å². The smallest absolute Gasteiger partial charge is 0.300 e. The lowest BCUT2D eigenvalue weighted by molar-refractivity contribution is -0.704. The highest BCUT2D eigenvalue weighted by molar-refractivity contribution is 6.04. The number of rotatable bonds is 4. The molecule has 0 aromatic carbocycles. The first kappa shape index (κ1) is 16.6. The maximum absolute atomic E-state index is 13.0. The van der Waals surface area contributed by atoms with Gasteiger partial charge in [0.2, 0.25) is 5.69 Å². The molecule has 0 bridgehead atoms. The molecule has 0 unspecified atom stereocenters. The number of carbonyl (C=O) groups is 1. The van der Waals surface area contributed by atoms with Crippen molar-refractivity contribution in [1.29, 1.82) is 0 Å². The van der Waals surface area contributed by atoms with Crippen molar-refractivity contribution in [1.82, 2.24) is 19.4 Å². The molecule has 0 spiro atoms. The molecular weight excluding hydrogens is 351 g/mol. The molecule has 4 rings (SSSR count). The highest BCUT2D eigenvalue weighted by Gasteiger charge is 2.25. The number of imidazole rings is 1. The molecule has 4 aromatic rings. The molecule has 0 radical (unpaired) electrons. The Bertz CT molecular complexity index is 1110. The van der Waals surface area contributed by atoms with Crippen LogP contribution < -0.4 is 15.0 Å². The maximum Gasteiger partial charge on any atom is 0.300 e. The van der Waals surface area contributed by atoms with Crippen molar-refractivity contribution in [3.05, 3.63) is 78.5 Å². The third-order valence-electron chi connectivity index (χ3n) is 3.94. The van der Waals surface area contributed by atoms with E-state index in [1.807, 2.05) is 0 Å². The molecule has 27 heavy (non-hydrogen) atoms. The van der Waals surface area contributed by atoms with Crippen LogP contribution in [0.5, 0.6) is 5.88 Å². The van der Waals surface area contributed by atoms with Gasteiger partial charge in [0.15, 0.2) is 0 Å². The van der Waals surface area contributed by atoms with Gasteiger partial charge in [-0.3, -0.25) is 4.79 Å². The molecule has 0 atom stereocenters. The van der Waals surface area contributed by atoms with E-state index in [0.717, 1.165) is 11.8 Å². The molecule has 9 heteroatoms. The lowest BCUT2D eigenvalue weighted by Crippen LogP contribution is -2.37. The van der Waals surface area contributed by atoms with Gasteiger partial charge in [0, 0.05) is 24.0 Å². The number of halogens is 1. The molecular formula is C18H13FN6O2. The number of fused-ring (bicyclic) bond motifs is 1. The van der Waals surface area contributed by atoms with Crippen LogP contribution in [-0.4, -0.2) is 25.3 Å². The fourth-order valence-corrected chi connectivity index (χ4v) is 2.76. The second-order valence-electron chi connectivity index (χ2n) is 5.73. The first-order chi connectivity index (χ1) is 13.1. The summed E-state index contributed by atoms with van der Waals surface area (Å²) < 4.78 is 16.0. The highest BCUT2D eigenvalue weighted by Crippen LogP contribution is 2.17. The number of pyridine rings is 2. The van der Waals surface area contributed by atoms with Gasteiger partial charge in [0.05, 0.1) is 12.4 Å². The van der Waals surface area contributed by atoms with Gasteiger partial charge in [0.25, 0.3) is 11.6 Å². The predicted molar refractivity (Wildman–Crippen MR) is 90.3 cm³/mol. The Balaban J connectivity index is 1.75. The Morgan fingerprint density at radius 1 is 1.19 bits per heavy atom. The predicted octanol–water partition coefficient (Wildman–Crippen LogP) is 0.925. The van der Waals surface area contributed by atoms with E-state index < -0.39 is 17.6 Å². The van der Waals surface area contributed by atoms with E-state index in [2.05, 4.69) is 20.3 Å². The van der Waals surface area contributed by atoms with E-state index in [1.165, 1.54) is 27.4 Å². The Morgan fingerprint density at radius 2 is 2.00 bits per heavy atom. The van der Waals surface area contributed by atoms with Gasteiger partial charge in [-0.2, -0.15) is 4.40 Å². The largest absolute Gasteiger partial charge is 0.839 e. The number of hydrogen-bond donors (Lipinski definition) is 1. The standard InChI is InChI=1S/C18H13FN6O2/c19-13-4-5-14(22-9-13)23-17(26)16-18(27)25(10-12-7-20-11-21-8-12)15-3-1-2-6-24(15)16/h1-9,11H,10H2,(H-,22,23,26,27). The van der Waals surface area contributed by atoms with Crippen LogP contribution >= 0.6 is 0 Å². The Kier molecular flexibility index (Phi) is 4.17. The van der Waals surface area contributed by atoms with Gasteiger partial charge in [-0.15, -0.1) is 0 Å². The molecule has 8 nitrogen and oxygen atoms in total. The second kappa shape index (κ2) is 6.79. The zero-order valence-corrected chi connectivity index (χ0v) is 13.9. The Labute approximate surface area is 152 Å². The lowest BCUT2D eigenvalue weighted by Gasteiger charge is -2.07. The van der Waals surface area contributed by atoms with Gasteiger partial charge < -0.3 is 10.4 Å². The summed E-state index contributed by atoms with van der Waals surface area (Å²) in [5.41, 5.74) is 1.19. The van der Waals surface area contributed by atoms with Crippen LogP contribution in [0, 0.1) is 5.82 Å². The van der Waals surface area contributed by atoms with Crippen LogP contribution in [0.1, 0.15) is 16.1 Å². The SMILES string of the molecule is O=C(Nc1ccc(F)cn1)c1c([O-])[n+](Cc2cncnc2)c2ccccn12. The number of hydrogen-bond acceptors (Lipinski definition) is 5. The number of aromatic nitrogens is 5. The van der Waals surface area contributed by atoms with Crippen LogP contribution in [0.2, 0.25) is 0 Å². The van der Waals surface area contributed by atoms with Crippen LogP contribution in [0.15, 0.2) is 61.4 Å². The summed E-state index contributed by atoms with van der Waals surface area (Å²) >= 11 is 0. The second-order valence-corrected chi connectivity index (χ2v) is 5.73. The molecule has 4 heterocycles. The number of amides is 1. The Hall–Kier alpha value is -3.88. The summed E-state index contributed by atoms with van der Waals surface area (Å²) in [6.45, 7) is 0.218. The van der Waals surface area contributed by atoms with Crippen molar-refractivity contribution in [2.24, 2.45) is 0 Å². The van der Waals surface area contributed by atoms with Crippen molar-refractivity contribution in [2.75, 3.05) is 5.32 Å². The molecule has 0 aliphatic carbocycles. The topological polar surface area (TPSA) is 99.1 Å². The molecule has 4 aromatic heterocycles. The summed E-state index contributed by atoms with van der Waals surface area (Å²) in [6, 6.07) is 7.72. The first-order valence-corrected chi connectivity index (χ1v) is 8.00. The maximum atomic E-state index is 13.0. The summed E-state index contributed by atoms with van der Waals surface area (Å²) in [5, 5.41) is 15.5. The average molecular weight is 364 g/mol. The van der Waals surface area contributed by atoms with E-state index >= 15 is 0 Å². The molecule has 0 saturated heterocycles. The van der Waals surface area contributed by atoms with Crippen molar-refractivity contribution in [3.8, 4) is 5.88 Å². The van der Waals surface area contributed by atoms with Crippen molar-refractivity contribution < 1.29 is 18.9 Å². The zero-order valence-electron chi connectivity index (χ0n) is 13.9. The fourth-order valence-electron chi connectivity index (χ4n) is 2.76. The minimum Gasteiger partial charge on any atom is -0.839 e. The molecule has 0 saturated carbocycles. The van der Waals surface area contributed by atoms with E-state index in [0.29, 0.717) is 5.65 Å². The lowest BCUT2D eigenvalue weighted by atomic mass is 10.3. The zero-order chi connectivity index (χ0) is 18.8. The summed E-state index contributed by atoms with van der Waals surface area (Å²) in [5.74, 6) is -1.48. The monoisotopic (exact) mass is 364 g/mol. The number of nitrogens with zero attached hydrogens (tertiary/aromatic N) is 5.